The number of benzene rings is 2. The molecular formula is C30H36O15. The van der Waals surface area contributed by atoms with Crippen LogP contribution in [0.3, 0.4) is 0 Å². The lowest BCUT2D eigenvalue weighted by Crippen LogP contribution is -2.60. The molecule has 15 heteroatoms. The summed E-state index contributed by atoms with van der Waals surface area (Å²) in [6.45, 7) is 2.74. The predicted octanol–water partition coefficient (Wildman–Crippen LogP) is 1.26. The minimum atomic E-state index is -1.86. The van der Waals surface area contributed by atoms with Crippen molar-refractivity contribution < 1.29 is 74.5 Å². The molecule has 1 aliphatic carbocycles. The number of hydrogen-bond donors (Lipinski definition) is 9. The fourth-order valence-corrected chi connectivity index (χ4v) is 5.05. The van der Waals surface area contributed by atoms with Gasteiger partial charge in [0.2, 0.25) is 0 Å². The van der Waals surface area contributed by atoms with E-state index < -0.39 is 94.9 Å². The SMILES string of the molecule is CC(C)(O)C1CC=C(CO[C@@H]2O[C@H](COC(=O)c3cc(O)c(O)c(O)c3)[C@@H](OC(=O)c3cc(O)c(O)c(O)c3)[C@H](O)[C@H]2O)CC1. The van der Waals surface area contributed by atoms with Crippen LogP contribution < -0.4 is 0 Å². The molecule has 4 rings (SSSR count). The molecule has 45 heavy (non-hydrogen) atoms. The molecule has 1 saturated heterocycles. The maximum Gasteiger partial charge on any atom is 0.338 e. The highest BCUT2D eigenvalue weighted by Crippen LogP contribution is 2.38. The van der Waals surface area contributed by atoms with Crippen LogP contribution in [0.4, 0.5) is 0 Å². The predicted molar refractivity (Wildman–Crippen MR) is 151 cm³/mol. The van der Waals surface area contributed by atoms with Crippen molar-refractivity contribution in [3.05, 3.63) is 47.0 Å². The lowest BCUT2D eigenvalue weighted by Gasteiger charge is -2.41. The van der Waals surface area contributed by atoms with Crippen LogP contribution in [-0.2, 0) is 18.9 Å². The van der Waals surface area contributed by atoms with Gasteiger partial charge < -0.3 is 64.9 Å². The zero-order valence-electron chi connectivity index (χ0n) is 24.4. The monoisotopic (exact) mass is 636 g/mol. The Labute approximate surface area is 256 Å². The normalized spacial score (nSPS) is 25.3. The number of ether oxygens (including phenoxy) is 4. The van der Waals surface area contributed by atoms with Crippen LogP contribution in [0, 0.1) is 5.92 Å². The van der Waals surface area contributed by atoms with E-state index in [1.54, 1.807) is 13.8 Å². The number of phenols is 6. The van der Waals surface area contributed by atoms with Crippen LogP contribution >= 0.6 is 0 Å². The number of phenolic OH excluding ortho intramolecular Hbond substituents is 6. The standard InChI is InChI=1S/C30H36O15/c1-30(2,41)16-5-3-13(4-6-16)11-43-29-25(38)24(37)26(45-28(40)15-9-19(33)23(36)20(34)10-15)21(44-29)12-42-27(39)14-7-17(31)22(35)18(32)8-14/h3,7-10,16,21,24-26,29,31-38,41H,4-6,11-12H2,1-2H3/t16?,21-,24-,25-,26-,29-/m1/s1. The van der Waals surface area contributed by atoms with E-state index in [1.807, 2.05) is 6.08 Å². The molecular weight excluding hydrogens is 600 g/mol. The van der Waals surface area contributed by atoms with Gasteiger partial charge in [-0.05, 0) is 68.9 Å². The molecule has 2 aromatic carbocycles. The van der Waals surface area contributed by atoms with Crippen molar-refractivity contribution in [2.24, 2.45) is 5.92 Å². The number of carbonyl (C=O) groups is 2. The summed E-state index contributed by atoms with van der Waals surface area (Å²) in [6, 6.07) is 3.22. The molecule has 0 saturated carbocycles. The van der Waals surface area contributed by atoms with Gasteiger partial charge in [-0.3, -0.25) is 0 Å². The summed E-state index contributed by atoms with van der Waals surface area (Å²) in [5, 5.41) is 90.2. The maximum absolute atomic E-state index is 12.9. The molecule has 0 radical (unpaired) electrons. The lowest BCUT2D eigenvalue weighted by molar-refractivity contribution is -0.298. The smallest absolute Gasteiger partial charge is 0.338 e. The molecule has 2 aliphatic rings. The minimum absolute atomic E-state index is 0.0118. The van der Waals surface area contributed by atoms with Crippen molar-refractivity contribution in [1.82, 2.24) is 0 Å². The van der Waals surface area contributed by atoms with E-state index in [0.717, 1.165) is 29.8 Å². The summed E-state index contributed by atoms with van der Waals surface area (Å²) in [6.07, 6.45) is -4.51. The highest BCUT2D eigenvalue weighted by Gasteiger charge is 2.48. The third-order valence-electron chi connectivity index (χ3n) is 7.81. The van der Waals surface area contributed by atoms with Crippen LogP contribution in [0.1, 0.15) is 53.8 Å². The van der Waals surface area contributed by atoms with Gasteiger partial charge in [0.05, 0.1) is 23.3 Å². The van der Waals surface area contributed by atoms with Gasteiger partial charge in [0.25, 0.3) is 0 Å². The lowest BCUT2D eigenvalue weighted by atomic mass is 9.80. The first-order chi connectivity index (χ1) is 21.1. The van der Waals surface area contributed by atoms with Gasteiger partial charge in [-0.2, -0.15) is 0 Å². The van der Waals surface area contributed by atoms with Crippen molar-refractivity contribution in [2.45, 2.75) is 69.4 Å². The van der Waals surface area contributed by atoms with E-state index in [2.05, 4.69) is 0 Å². The van der Waals surface area contributed by atoms with E-state index >= 15 is 0 Å². The number of rotatable bonds is 9. The van der Waals surface area contributed by atoms with Gasteiger partial charge in [0.1, 0.15) is 24.9 Å². The first-order valence-electron chi connectivity index (χ1n) is 14.0. The molecule has 1 aliphatic heterocycles. The molecule has 1 fully saturated rings. The van der Waals surface area contributed by atoms with Crippen molar-refractivity contribution >= 4 is 11.9 Å². The molecule has 15 nitrogen and oxygen atoms in total. The summed E-state index contributed by atoms with van der Waals surface area (Å²) in [5.74, 6) is -7.33. The molecule has 0 amide bonds. The number of esters is 2. The van der Waals surface area contributed by atoms with Gasteiger partial charge in [-0.1, -0.05) is 6.08 Å². The van der Waals surface area contributed by atoms with E-state index in [-0.39, 0.29) is 18.1 Å². The molecule has 9 N–H and O–H groups in total. The number of aromatic hydroxyl groups is 6. The summed E-state index contributed by atoms with van der Waals surface area (Å²) in [4.78, 5) is 25.6. The van der Waals surface area contributed by atoms with Crippen LogP contribution in [0.5, 0.6) is 34.5 Å². The van der Waals surface area contributed by atoms with E-state index in [1.165, 1.54) is 0 Å². The van der Waals surface area contributed by atoms with Gasteiger partial charge >= 0.3 is 11.9 Å². The van der Waals surface area contributed by atoms with Gasteiger partial charge in [0, 0.05) is 0 Å². The van der Waals surface area contributed by atoms with Crippen LogP contribution in [0.2, 0.25) is 0 Å². The average Bonchev–Trinajstić information content (AvgIpc) is 2.98. The molecule has 0 spiro atoms. The Morgan fingerprint density at radius 1 is 0.867 bits per heavy atom. The third kappa shape index (κ3) is 7.69. The van der Waals surface area contributed by atoms with Gasteiger partial charge in [-0.25, -0.2) is 9.59 Å². The first kappa shape index (κ1) is 33.6. The van der Waals surface area contributed by atoms with E-state index in [4.69, 9.17) is 18.9 Å². The van der Waals surface area contributed by atoms with E-state index in [0.29, 0.717) is 19.3 Å². The zero-order chi connectivity index (χ0) is 33.2. The second-order valence-electron chi connectivity index (χ2n) is 11.5. The van der Waals surface area contributed by atoms with Gasteiger partial charge in [0.15, 0.2) is 46.9 Å². The Kier molecular flexibility index (Phi) is 9.99. The molecule has 1 unspecified atom stereocenters. The highest BCUT2D eigenvalue weighted by molar-refractivity contribution is 5.92. The second-order valence-corrected chi connectivity index (χ2v) is 11.5. The molecule has 2 aromatic rings. The largest absolute Gasteiger partial charge is 0.504 e. The van der Waals surface area contributed by atoms with Crippen molar-refractivity contribution in [3.63, 3.8) is 0 Å². The van der Waals surface area contributed by atoms with Crippen molar-refractivity contribution in [3.8, 4) is 34.5 Å². The number of aliphatic hydroxyl groups is 3. The fraction of sp³-hybridized carbons (Fsp3) is 0.467. The molecule has 246 valence electrons. The molecule has 6 atom stereocenters. The Hall–Kier alpha value is -4.28. The second kappa shape index (κ2) is 13.4. The van der Waals surface area contributed by atoms with Crippen molar-refractivity contribution in [1.29, 1.82) is 0 Å². The van der Waals surface area contributed by atoms with Crippen molar-refractivity contribution in [2.75, 3.05) is 13.2 Å². The summed E-state index contributed by atoms with van der Waals surface area (Å²) in [7, 11) is 0. The Bertz CT molecular complexity index is 1400. The summed E-state index contributed by atoms with van der Waals surface area (Å²) < 4.78 is 22.0. The minimum Gasteiger partial charge on any atom is -0.504 e. The topological polar surface area (TPSA) is 253 Å². The average molecular weight is 637 g/mol. The van der Waals surface area contributed by atoms with Gasteiger partial charge in [-0.15, -0.1) is 0 Å². The summed E-state index contributed by atoms with van der Waals surface area (Å²) >= 11 is 0. The Morgan fingerprint density at radius 3 is 1.89 bits per heavy atom. The third-order valence-corrected chi connectivity index (χ3v) is 7.81. The van der Waals surface area contributed by atoms with Crippen LogP contribution in [0.15, 0.2) is 35.9 Å². The Morgan fingerprint density at radius 2 is 1.40 bits per heavy atom. The molecule has 1 heterocycles. The van der Waals surface area contributed by atoms with E-state index in [9.17, 15) is 55.5 Å². The quantitative estimate of drug-likeness (QED) is 0.107. The van der Waals surface area contributed by atoms with Crippen LogP contribution in [0.25, 0.3) is 0 Å². The highest BCUT2D eigenvalue weighted by atomic mass is 16.7. The fourth-order valence-electron chi connectivity index (χ4n) is 5.05. The number of carbonyl (C=O) groups excluding carboxylic acids is 2. The number of allylic oxidation sites excluding steroid dienone is 1. The zero-order valence-corrected chi connectivity index (χ0v) is 24.4. The molecule has 0 bridgehead atoms. The summed E-state index contributed by atoms with van der Waals surface area (Å²) in [5.41, 5.74) is -0.815. The number of aliphatic hydroxyl groups excluding tert-OH is 2. The maximum atomic E-state index is 12.9. The number of hydrogen-bond acceptors (Lipinski definition) is 15. The first-order valence-corrected chi connectivity index (χ1v) is 14.0. The molecule has 0 aromatic heterocycles. The Balaban J connectivity index is 1.51. The van der Waals surface area contributed by atoms with Crippen LogP contribution in [-0.4, -0.2) is 107 Å².